The van der Waals surface area contributed by atoms with Gasteiger partial charge in [0.25, 0.3) is 5.91 Å². The summed E-state index contributed by atoms with van der Waals surface area (Å²) in [6.45, 7) is 0.802. The summed E-state index contributed by atoms with van der Waals surface area (Å²) < 4.78 is 5.65. The van der Waals surface area contributed by atoms with E-state index in [-0.39, 0.29) is 11.9 Å². The monoisotopic (exact) mass is 309 g/mol. The number of amides is 1. The third-order valence-electron chi connectivity index (χ3n) is 3.77. The first-order valence-corrected chi connectivity index (χ1v) is 7.77. The van der Waals surface area contributed by atoms with Crippen LogP contribution in [0, 0.1) is 0 Å². The second-order valence-corrected chi connectivity index (χ2v) is 6.00. The number of furan rings is 1. The molecule has 4 nitrogen and oxygen atoms in total. The molecule has 0 fully saturated rings. The summed E-state index contributed by atoms with van der Waals surface area (Å²) in [5, 5.41) is 4.03. The first-order chi connectivity index (χ1) is 11.1. The fourth-order valence-electron chi connectivity index (χ4n) is 2.67. The van der Waals surface area contributed by atoms with Gasteiger partial charge in [0.1, 0.15) is 18.2 Å². The van der Waals surface area contributed by atoms with Gasteiger partial charge in [-0.1, -0.05) is 48.5 Å². The molecular weight excluding hydrogens is 288 g/mol. The van der Waals surface area contributed by atoms with E-state index in [1.807, 2.05) is 54.6 Å². The van der Waals surface area contributed by atoms with Crippen molar-refractivity contribution >= 4 is 16.9 Å². The number of hydrogen-bond acceptors (Lipinski definition) is 2. The molecule has 4 heteroatoms. The molecule has 2 N–H and O–H groups in total. The highest BCUT2D eigenvalue weighted by molar-refractivity contribution is 5.96. The first kappa shape index (κ1) is 15.3. The van der Waals surface area contributed by atoms with Crippen LogP contribution in [0.5, 0.6) is 0 Å². The van der Waals surface area contributed by atoms with Gasteiger partial charge in [-0.25, -0.2) is 0 Å². The first-order valence-electron chi connectivity index (χ1n) is 7.77. The second kappa shape index (κ2) is 6.67. The van der Waals surface area contributed by atoms with Crippen molar-refractivity contribution in [3.05, 3.63) is 72.0 Å². The normalized spacial score (nSPS) is 12.5. The van der Waals surface area contributed by atoms with Crippen LogP contribution < -0.4 is 10.2 Å². The molecule has 0 radical (unpaired) electrons. The smallest absolute Gasteiger partial charge is 0.287 e. The van der Waals surface area contributed by atoms with Crippen LogP contribution in [0.4, 0.5) is 0 Å². The third-order valence-corrected chi connectivity index (χ3v) is 3.77. The number of likely N-dealkylation sites (N-methyl/N-ethyl adjacent to an activating group) is 1. The molecule has 2 aromatic carbocycles. The van der Waals surface area contributed by atoms with Gasteiger partial charge in [0.2, 0.25) is 0 Å². The molecule has 1 aromatic heterocycles. The minimum Gasteiger partial charge on any atom is -0.451 e. The van der Waals surface area contributed by atoms with Gasteiger partial charge < -0.3 is 14.6 Å². The molecule has 0 saturated carbocycles. The Morgan fingerprint density at radius 2 is 1.78 bits per heavy atom. The summed E-state index contributed by atoms with van der Waals surface area (Å²) in [6, 6.07) is 19.4. The Kier molecular flexibility index (Phi) is 4.44. The van der Waals surface area contributed by atoms with Crippen molar-refractivity contribution in [2.75, 3.05) is 20.6 Å². The Labute approximate surface area is 135 Å². The van der Waals surface area contributed by atoms with E-state index < -0.39 is 0 Å². The lowest BCUT2D eigenvalue weighted by Gasteiger charge is -2.20. The molecule has 23 heavy (non-hydrogen) atoms. The summed E-state index contributed by atoms with van der Waals surface area (Å²) >= 11 is 0. The molecule has 0 aliphatic heterocycles. The number of hydrogen-bond donors (Lipinski definition) is 2. The molecule has 3 rings (SSSR count). The molecule has 1 atom stereocenters. The highest BCUT2D eigenvalue weighted by Gasteiger charge is 2.20. The standard InChI is InChI=1S/C19H20N2O2/c1-21(2)13-16(14-8-4-3-5-9-14)20-19(22)18-12-15-10-6-7-11-17(15)23-18/h3-12,16H,13H2,1-2H3,(H,20,22)/p+1/t16-/m0/s1. The van der Waals surface area contributed by atoms with Crippen molar-refractivity contribution in [2.24, 2.45) is 0 Å². The maximum atomic E-state index is 12.6. The number of benzene rings is 2. The van der Waals surface area contributed by atoms with E-state index in [1.165, 1.54) is 4.90 Å². The lowest BCUT2D eigenvalue weighted by atomic mass is 10.1. The van der Waals surface area contributed by atoms with Crippen LogP contribution in [-0.2, 0) is 0 Å². The lowest BCUT2D eigenvalue weighted by molar-refractivity contribution is -0.860. The van der Waals surface area contributed by atoms with E-state index in [1.54, 1.807) is 6.07 Å². The van der Waals surface area contributed by atoms with Gasteiger partial charge in [-0.2, -0.15) is 0 Å². The van der Waals surface area contributed by atoms with Crippen molar-refractivity contribution < 1.29 is 14.1 Å². The van der Waals surface area contributed by atoms with Crippen molar-refractivity contribution in [1.29, 1.82) is 0 Å². The molecule has 0 unspecified atom stereocenters. The molecule has 0 aliphatic rings. The van der Waals surface area contributed by atoms with Crippen molar-refractivity contribution in [2.45, 2.75) is 6.04 Å². The minimum atomic E-state index is -0.184. The average Bonchev–Trinajstić information content (AvgIpc) is 2.99. The number of carbonyl (C=O) groups is 1. The number of rotatable bonds is 5. The average molecular weight is 309 g/mol. The fourth-order valence-corrected chi connectivity index (χ4v) is 2.67. The summed E-state index contributed by atoms with van der Waals surface area (Å²) in [6.07, 6.45) is 0. The van der Waals surface area contributed by atoms with E-state index in [2.05, 4.69) is 19.4 Å². The van der Waals surface area contributed by atoms with Gasteiger partial charge in [-0.15, -0.1) is 0 Å². The number of nitrogens with one attached hydrogen (secondary N) is 2. The quantitative estimate of drug-likeness (QED) is 0.758. The van der Waals surface area contributed by atoms with E-state index in [4.69, 9.17) is 4.42 Å². The van der Waals surface area contributed by atoms with Crippen LogP contribution >= 0.6 is 0 Å². The predicted molar refractivity (Wildman–Crippen MR) is 90.5 cm³/mol. The van der Waals surface area contributed by atoms with Gasteiger partial charge in [0.15, 0.2) is 5.76 Å². The molecule has 3 aromatic rings. The van der Waals surface area contributed by atoms with Gasteiger partial charge in [-0.05, 0) is 17.7 Å². The van der Waals surface area contributed by atoms with Gasteiger partial charge in [0, 0.05) is 5.39 Å². The SMILES string of the molecule is C[NH+](C)C[C@H](NC(=O)c1cc2ccccc2o1)c1ccccc1. The van der Waals surface area contributed by atoms with E-state index in [0.29, 0.717) is 5.76 Å². The maximum Gasteiger partial charge on any atom is 0.287 e. The van der Waals surface area contributed by atoms with Crippen LogP contribution in [0.15, 0.2) is 65.1 Å². The van der Waals surface area contributed by atoms with E-state index in [0.717, 1.165) is 23.1 Å². The van der Waals surface area contributed by atoms with Gasteiger partial charge in [0.05, 0.1) is 14.1 Å². The van der Waals surface area contributed by atoms with E-state index in [9.17, 15) is 4.79 Å². The van der Waals surface area contributed by atoms with Crippen molar-refractivity contribution in [3.8, 4) is 0 Å². The molecule has 1 amide bonds. The van der Waals surface area contributed by atoms with Crippen molar-refractivity contribution in [3.63, 3.8) is 0 Å². The zero-order valence-corrected chi connectivity index (χ0v) is 13.4. The summed E-state index contributed by atoms with van der Waals surface area (Å²) in [7, 11) is 4.15. The Morgan fingerprint density at radius 1 is 1.09 bits per heavy atom. The van der Waals surface area contributed by atoms with Crippen molar-refractivity contribution in [1.82, 2.24) is 5.32 Å². The lowest BCUT2D eigenvalue weighted by Crippen LogP contribution is -3.06. The van der Waals surface area contributed by atoms with Crippen LogP contribution in [0.25, 0.3) is 11.0 Å². The second-order valence-electron chi connectivity index (χ2n) is 6.00. The molecule has 0 bridgehead atoms. The number of fused-ring (bicyclic) bond motifs is 1. The van der Waals surface area contributed by atoms with Gasteiger partial charge >= 0.3 is 0 Å². The number of para-hydroxylation sites is 1. The zero-order chi connectivity index (χ0) is 16.2. The topological polar surface area (TPSA) is 46.7 Å². The Morgan fingerprint density at radius 3 is 2.48 bits per heavy atom. The molecule has 0 aliphatic carbocycles. The summed E-state index contributed by atoms with van der Waals surface area (Å²) in [5.74, 6) is 0.164. The number of quaternary nitrogens is 1. The summed E-state index contributed by atoms with van der Waals surface area (Å²) in [4.78, 5) is 13.8. The maximum absolute atomic E-state index is 12.6. The highest BCUT2D eigenvalue weighted by atomic mass is 16.3. The Hall–Kier alpha value is -2.59. The zero-order valence-electron chi connectivity index (χ0n) is 13.4. The van der Waals surface area contributed by atoms with Gasteiger partial charge in [-0.3, -0.25) is 4.79 Å². The minimum absolute atomic E-state index is 0.0538. The molecule has 1 heterocycles. The van der Waals surface area contributed by atoms with Crippen LogP contribution in [0.1, 0.15) is 22.2 Å². The van der Waals surface area contributed by atoms with Crippen LogP contribution in [-0.4, -0.2) is 26.5 Å². The third kappa shape index (κ3) is 3.60. The predicted octanol–water partition coefficient (Wildman–Crippen LogP) is 2.05. The molecular formula is C19H21N2O2+. The fraction of sp³-hybridized carbons (Fsp3) is 0.211. The molecule has 0 saturated heterocycles. The molecule has 118 valence electrons. The Balaban J connectivity index is 1.82. The number of carbonyl (C=O) groups excluding carboxylic acids is 1. The van der Waals surface area contributed by atoms with Crippen LogP contribution in [0.2, 0.25) is 0 Å². The largest absolute Gasteiger partial charge is 0.451 e. The van der Waals surface area contributed by atoms with E-state index >= 15 is 0 Å². The highest BCUT2D eigenvalue weighted by Crippen LogP contribution is 2.19. The summed E-state index contributed by atoms with van der Waals surface area (Å²) in [5.41, 5.74) is 1.82. The van der Waals surface area contributed by atoms with Crippen LogP contribution in [0.3, 0.4) is 0 Å². The Bertz CT molecular complexity index is 760. The molecule has 0 spiro atoms.